The van der Waals surface area contributed by atoms with Gasteiger partial charge in [0.1, 0.15) is 6.54 Å². The number of rotatable bonds is 6. The highest BCUT2D eigenvalue weighted by molar-refractivity contribution is 6.04. The number of amides is 2. The van der Waals surface area contributed by atoms with Gasteiger partial charge in [-0.15, -0.1) is 0 Å². The molecule has 1 aromatic carbocycles. The normalized spacial score (nSPS) is 30.3. The number of piperidine rings is 1. The Bertz CT molecular complexity index is 1120. The Morgan fingerprint density at radius 1 is 1.15 bits per heavy atom. The maximum absolute atomic E-state index is 13.4. The summed E-state index contributed by atoms with van der Waals surface area (Å²) >= 11 is 0. The van der Waals surface area contributed by atoms with Crippen molar-refractivity contribution in [3.8, 4) is 0 Å². The van der Waals surface area contributed by atoms with Crippen LogP contribution in [0.2, 0.25) is 0 Å². The van der Waals surface area contributed by atoms with E-state index in [1.165, 1.54) is 4.68 Å². The lowest BCUT2D eigenvalue weighted by Gasteiger charge is -2.38. The van der Waals surface area contributed by atoms with Crippen LogP contribution in [0.4, 0.5) is 0 Å². The number of benzene rings is 1. The third-order valence-corrected chi connectivity index (χ3v) is 7.67. The Morgan fingerprint density at radius 2 is 1.91 bits per heavy atom. The van der Waals surface area contributed by atoms with Crippen LogP contribution in [0.25, 0.3) is 10.9 Å². The molecule has 0 spiro atoms. The van der Waals surface area contributed by atoms with Crippen molar-refractivity contribution in [2.75, 3.05) is 0 Å². The molecule has 0 radical (unpaired) electrons. The molecule has 8 nitrogen and oxygen atoms in total. The van der Waals surface area contributed by atoms with Crippen molar-refractivity contribution in [2.24, 2.45) is 23.0 Å². The van der Waals surface area contributed by atoms with Crippen molar-refractivity contribution < 1.29 is 19.5 Å². The van der Waals surface area contributed by atoms with E-state index < -0.39 is 11.9 Å². The second kappa shape index (κ2) is 7.94. The van der Waals surface area contributed by atoms with Crippen LogP contribution in [-0.4, -0.2) is 55.6 Å². The number of aliphatic hydroxyl groups is 1. The molecule has 5 atom stereocenters. The van der Waals surface area contributed by atoms with Gasteiger partial charge in [-0.3, -0.25) is 19.1 Å². The smallest absolute Gasteiger partial charge is 0.269 e. The second-order valence-electron chi connectivity index (χ2n) is 11.0. The van der Waals surface area contributed by atoms with Gasteiger partial charge in [-0.2, -0.15) is 5.10 Å². The third kappa shape index (κ3) is 4.16. The quantitative estimate of drug-likeness (QED) is 0.697. The summed E-state index contributed by atoms with van der Waals surface area (Å²) in [5.74, 6) is -0.128. The first-order valence-corrected chi connectivity index (χ1v) is 11.9. The van der Waals surface area contributed by atoms with Crippen LogP contribution in [-0.2, 0) is 16.1 Å². The van der Waals surface area contributed by atoms with Crippen molar-refractivity contribution >= 4 is 28.5 Å². The van der Waals surface area contributed by atoms with Gasteiger partial charge in [0.15, 0.2) is 11.5 Å². The summed E-state index contributed by atoms with van der Waals surface area (Å²) in [7, 11) is 0. The average molecular weight is 453 g/mol. The monoisotopic (exact) mass is 452 g/mol. The molecule has 176 valence electrons. The lowest BCUT2D eigenvalue weighted by atomic mass is 9.69. The summed E-state index contributed by atoms with van der Waals surface area (Å²) in [6, 6.07) is 6.93. The second-order valence-corrected chi connectivity index (χ2v) is 11.0. The van der Waals surface area contributed by atoms with Gasteiger partial charge in [0.05, 0.1) is 17.7 Å². The molecule has 2 amide bonds. The molecular formula is C25H32N4O4. The van der Waals surface area contributed by atoms with Crippen LogP contribution in [0.1, 0.15) is 62.9 Å². The predicted octanol–water partition coefficient (Wildman–Crippen LogP) is 2.27. The minimum atomic E-state index is -0.633. The number of ketones is 1. The van der Waals surface area contributed by atoms with Crippen LogP contribution in [0.5, 0.6) is 0 Å². The van der Waals surface area contributed by atoms with Gasteiger partial charge in [0.2, 0.25) is 5.91 Å². The van der Waals surface area contributed by atoms with E-state index >= 15 is 0 Å². The van der Waals surface area contributed by atoms with Gasteiger partial charge >= 0.3 is 0 Å². The molecule has 0 bridgehead atoms. The van der Waals surface area contributed by atoms with Crippen LogP contribution in [0, 0.1) is 17.3 Å². The van der Waals surface area contributed by atoms with Crippen molar-refractivity contribution in [3.05, 3.63) is 30.0 Å². The Balaban J connectivity index is 1.33. The van der Waals surface area contributed by atoms with Gasteiger partial charge < -0.3 is 15.7 Å². The van der Waals surface area contributed by atoms with Gasteiger partial charge in [0, 0.05) is 17.8 Å². The fourth-order valence-corrected chi connectivity index (χ4v) is 6.37. The number of aliphatic hydroxyl groups excluding tert-OH is 1. The third-order valence-electron chi connectivity index (χ3n) is 7.67. The van der Waals surface area contributed by atoms with E-state index in [2.05, 4.69) is 18.9 Å². The summed E-state index contributed by atoms with van der Waals surface area (Å²) in [6.07, 6.45) is 4.04. The number of carbonyl (C=O) groups excluding carboxylic acids is 3. The van der Waals surface area contributed by atoms with E-state index in [0.29, 0.717) is 29.7 Å². The summed E-state index contributed by atoms with van der Waals surface area (Å²) in [5, 5.41) is 15.2. The standard InChI is InChI=1S/C25H32N4O4/c1-25(2)11-14(7-16(30)12-25)8-21(31)20-10-15-9-19(15)29(20)22(32)13-28-18-6-4-3-5-17(18)23(27-28)24(26)33/h3-6,14-16,19-20,30H,7-13H2,1-2H3,(H2,26,33)/t14-,15-,16+,19-,20+/m1/s1. The molecule has 1 aliphatic heterocycles. The molecule has 3 fully saturated rings. The largest absolute Gasteiger partial charge is 0.393 e. The lowest BCUT2D eigenvalue weighted by Crippen LogP contribution is -2.45. The number of likely N-dealkylation sites (tertiary alicyclic amines) is 1. The number of hydrogen-bond acceptors (Lipinski definition) is 5. The average Bonchev–Trinajstić information content (AvgIpc) is 3.22. The van der Waals surface area contributed by atoms with Crippen molar-refractivity contribution in [2.45, 2.75) is 77.1 Å². The van der Waals surface area contributed by atoms with Crippen molar-refractivity contribution in [1.82, 2.24) is 14.7 Å². The number of primary amides is 1. The predicted molar refractivity (Wildman–Crippen MR) is 122 cm³/mol. The van der Waals surface area contributed by atoms with Gasteiger partial charge in [-0.25, -0.2) is 0 Å². The maximum atomic E-state index is 13.4. The molecule has 1 saturated heterocycles. The highest BCUT2D eigenvalue weighted by atomic mass is 16.3. The number of nitrogens with two attached hydrogens (primary N) is 1. The molecule has 0 unspecified atom stereocenters. The van der Waals surface area contributed by atoms with Crippen LogP contribution >= 0.6 is 0 Å². The van der Waals surface area contributed by atoms with E-state index in [1.54, 1.807) is 17.0 Å². The van der Waals surface area contributed by atoms with Crippen LogP contribution in [0.3, 0.4) is 0 Å². The zero-order chi connectivity index (χ0) is 23.5. The molecule has 2 heterocycles. The Hall–Kier alpha value is -2.74. The fraction of sp³-hybridized carbons (Fsp3) is 0.600. The number of carbonyl (C=O) groups is 3. The number of aromatic nitrogens is 2. The van der Waals surface area contributed by atoms with E-state index in [0.717, 1.165) is 25.7 Å². The summed E-state index contributed by atoms with van der Waals surface area (Å²) in [5.41, 5.74) is 6.33. The molecule has 2 aromatic rings. The molecule has 5 rings (SSSR count). The molecule has 1 aromatic heterocycles. The van der Waals surface area contributed by atoms with E-state index in [9.17, 15) is 19.5 Å². The minimum Gasteiger partial charge on any atom is -0.393 e. The van der Waals surface area contributed by atoms with Gasteiger partial charge in [-0.1, -0.05) is 32.0 Å². The highest BCUT2D eigenvalue weighted by Crippen LogP contribution is 2.49. The first kappa shape index (κ1) is 22.1. The van der Waals surface area contributed by atoms with Crippen LogP contribution < -0.4 is 5.73 Å². The molecule has 2 aliphatic carbocycles. The molecule has 2 saturated carbocycles. The Labute approximate surface area is 193 Å². The summed E-state index contributed by atoms with van der Waals surface area (Å²) in [4.78, 5) is 40.3. The first-order chi connectivity index (χ1) is 15.6. The summed E-state index contributed by atoms with van der Waals surface area (Å²) < 4.78 is 1.52. The number of para-hydroxylation sites is 1. The first-order valence-electron chi connectivity index (χ1n) is 11.9. The van der Waals surface area contributed by atoms with Crippen molar-refractivity contribution in [3.63, 3.8) is 0 Å². The topological polar surface area (TPSA) is 119 Å². The van der Waals surface area contributed by atoms with E-state index in [-0.39, 0.29) is 47.4 Å². The van der Waals surface area contributed by atoms with E-state index in [4.69, 9.17) is 5.73 Å². The molecule has 3 N–H and O–H groups in total. The number of fused-ring (bicyclic) bond motifs is 2. The lowest BCUT2D eigenvalue weighted by molar-refractivity contribution is -0.140. The Morgan fingerprint density at radius 3 is 2.64 bits per heavy atom. The fourth-order valence-electron chi connectivity index (χ4n) is 6.37. The molecular weight excluding hydrogens is 420 g/mol. The van der Waals surface area contributed by atoms with E-state index in [1.807, 2.05) is 12.1 Å². The van der Waals surface area contributed by atoms with Crippen LogP contribution in [0.15, 0.2) is 24.3 Å². The van der Waals surface area contributed by atoms with Gasteiger partial charge in [0.25, 0.3) is 5.91 Å². The van der Waals surface area contributed by atoms with Crippen molar-refractivity contribution in [1.29, 1.82) is 0 Å². The molecule has 8 heteroatoms. The molecule has 3 aliphatic rings. The SMILES string of the molecule is CC1(C)C[C@@H](O)C[C@H](CC(=O)[C@@H]2C[C@H]3C[C@H]3N2C(=O)Cn2nc(C(N)=O)c3ccccc32)C1. The highest BCUT2D eigenvalue weighted by Gasteiger charge is 2.56. The molecule has 33 heavy (non-hydrogen) atoms. The zero-order valence-electron chi connectivity index (χ0n) is 19.2. The Kier molecular flexibility index (Phi) is 5.31. The number of nitrogens with zero attached hydrogens (tertiary/aromatic N) is 3. The number of hydrogen-bond donors (Lipinski definition) is 2. The number of Topliss-reactive ketones (excluding diaryl/α,β-unsaturated/α-hetero) is 1. The van der Waals surface area contributed by atoms with Gasteiger partial charge in [-0.05, 0) is 55.4 Å². The zero-order valence-corrected chi connectivity index (χ0v) is 19.2. The minimum absolute atomic E-state index is 0.0230. The summed E-state index contributed by atoms with van der Waals surface area (Å²) in [6.45, 7) is 4.25. The maximum Gasteiger partial charge on any atom is 0.269 e.